The molecule has 170 valence electrons. The Hall–Kier alpha value is -3.41. The molecule has 0 fully saturated rings. The molecule has 5 aromatic rings. The van der Waals surface area contributed by atoms with Gasteiger partial charge < -0.3 is 9.30 Å². The number of benzene rings is 2. The Bertz CT molecular complexity index is 1480. The summed E-state index contributed by atoms with van der Waals surface area (Å²) < 4.78 is 7.61. The molecule has 5 nitrogen and oxygen atoms in total. The molecule has 2 aromatic carbocycles. The van der Waals surface area contributed by atoms with Crippen molar-refractivity contribution in [2.45, 2.75) is 19.4 Å². The predicted octanol–water partition coefficient (Wildman–Crippen LogP) is 6.73. The van der Waals surface area contributed by atoms with Gasteiger partial charge in [-0.2, -0.15) is 0 Å². The van der Waals surface area contributed by atoms with Crippen LogP contribution < -0.4 is 0 Å². The zero-order valence-corrected chi connectivity index (χ0v) is 19.8. The second-order valence-electron chi connectivity index (χ2n) is 7.99. The lowest BCUT2D eigenvalue weighted by atomic mass is 10.1. The quantitative estimate of drug-likeness (QED) is 0.188. The molecule has 3 aromatic heterocycles. The molecule has 0 aliphatic rings. The van der Waals surface area contributed by atoms with Crippen molar-refractivity contribution in [3.8, 4) is 0 Å². The minimum absolute atomic E-state index is 0.286. The third-order valence-corrected chi connectivity index (χ3v) is 6.34. The van der Waals surface area contributed by atoms with Crippen LogP contribution in [0.25, 0.3) is 21.8 Å². The highest BCUT2D eigenvalue weighted by Crippen LogP contribution is 2.31. The van der Waals surface area contributed by atoms with Crippen LogP contribution in [0.3, 0.4) is 0 Å². The van der Waals surface area contributed by atoms with Crippen LogP contribution in [-0.4, -0.2) is 27.1 Å². The Morgan fingerprint density at radius 1 is 0.912 bits per heavy atom. The van der Waals surface area contributed by atoms with Crippen LogP contribution in [0.4, 0.5) is 0 Å². The summed E-state index contributed by atoms with van der Waals surface area (Å²) in [5, 5.41) is 3.24. The van der Waals surface area contributed by atoms with Gasteiger partial charge in [-0.05, 0) is 60.9 Å². The lowest BCUT2D eigenvalue weighted by molar-refractivity contribution is 0.0493. The Morgan fingerprint density at radius 2 is 1.76 bits per heavy atom. The van der Waals surface area contributed by atoms with Crippen LogP contribution in [0.1, 0.15) is 28.2 Å². The summed E-state index contributed by atoms with van der Waals surface area (Å²) in [7, 11) is 0. The minimum atomic E-state index is -0.433. The summed E-state index contributed by atoms with van der Waals surface area (Å²) in [6.07, 6.45) is 4.93. The van der Waals surface area contributed by atoms with Gasteiger partial charge in [0.25, 0.3) is 0 Å². The van der Waals surface area contributed by atoms with Crippen molar-refractivity contribution < 1.29 is 9.53 Å². The molecule has 0 atom stereocenters. The van der Waals surface area contributed by atoms with Gasteiger partial charge in [-0.3, -0.25) is 4.98 Å². The summed E-state index contributed by atoms with van der Waals surface area (Å²) in [4.78, 5) is 21.4. The average molecular weight is 490 g/mol. The Labute approximate surface area is 206 Å². The standard InChI is InChI=1S/C27H21Cl2N3O2/c28-19-10-11-23(29)18(14-19)17-32-25-9-2-1-8-21(25)22-15-24(31-16-26(22)32)27(33)34-13-5-7-20-6-3-4-12-30-20/h1-4,6,8-12,14-16H,5,7,13,17H2. The molecule has 7 heteroatoms. The van der Waals surface area contributed by atoms with Crippen molar-refractivity contribution in [2.75, 3.05) is 6.61 Å². The van der Waals surface area contributed by atoms with Crippen LogP contribution in [-0.2, 0) is 17.7 Å². The fourth-order valence-corrected chi connectivity index (χ4v) is 4.47. The second-order valence-corrected chi connectivity index (χ2v) is 8.83. The van der Waals surface area contributed by atoms with Crippen LogP contribution in [0.15, 0.2) is 79.1 Å². The first-order chi connectivity index (χ1) is 16.6. The maximum atomic E-state index is 12.7. The molecule has 0 spiro atoms. The molecule has 5 rings (SSSR count). The molecule has 0 amide bonds. The van der Waals surface area contributed by atoms with Crippen LogP contribution in [0, 0.1) is 0 Å². The van der Waals surface area contributed by atoms with Crippen LogP contribution in [0.5, 0.6) is 0 Å². The number of aryl methyl sites for hydroxylation is 1. The molecule has 0 saturated heterocycles. The third-order valence-electron chi connectivity index (χ3n) is 5.74. The molecule has 3 heterocycles. The Kier molecular flexibility index (Phi) is 6.48. The molecule has 0 bridgehead atoms. The molecule has 0 unspecified atom stereocenters. The Balaban J connectivity index is 1.40. The van der Waals surface area contributed by atoms with E-state index in [9.17, 15) is 4.79 Å². The summed E-state index contributed by atoms with van der Waals surface area (Å²) in [6, 6.07) is 21.1. The van der Waals surface area contributed by atoms with E-state index in [-0.39, 0.29) is 5.69 Å². The van der Waals surface area contributed by atoms with E-state index < -0.39 is 5.97 Å². The maximum absolute atomic E-state index is 12.7. The second kappa shape index (κ2) is 9.84. The van der Waals surface area contributed by atoms with E-state index in [0.717, 1.165) is 39.5 Å². The van der Waals surface area contributed by atoms with Gasteiger partial charge >= 0.3 is 5.97 Å². The van der Waals surface area contributed by atoms with Crippen LogP contribution >= 0.6 is 23.2 Å². The van der Waals surface area contributed by atoms with E-state index in [1.165, 1.54) is 0 Å². The van der Waals surface area contributed by atoms with E-state index in [1.54, 1.807) is 30.6 Å². The number of ether oxygens (including phenoxy) is 1. The zero-order chi connectivity index (χ0) is 23.5. The first-order valence-corrected chi connectivity index (χ1v) is 11.7. The Morgan fingerprint density at radius 3 is 2.62 bits per heavy atom. The highest BCUT2D eigenvalue weighted by molar-refractivity contribution is 6.33. The first-order valence-electron chi connectivity index (χ1n) is 11.0. The predicted molar refractivity (Wildman–Crippen MR) is 136 cm³/mol. The molecule has 0 radical (unpaired) electrons. The van der Waals surface area contributed by atoms with Gasteiger partial charge in [-0.25, -0.2) is 9.78 Å². The summed E-state index contributed by atoms with van der Waals surface area (Å²) in [5.41, 5.74) is 4.10. The van der Waals surface area contributed by atoms with Crippen molar-refractivity contribution >= 4 is 51.0 Å². The normalized spacial score (nSPS) is 11.2. The summed E-state index contributed by atoms with van der Waals surface area (Å²) in [6.45, 7) is 0.840. The van der Waals surface area contributed by atoms with Crippen molar-refractivity contribution in [1.29, 1.82) is 0 Å². The molecule has 0 N–H and O–H groups in total. The topological polar surface area (TPSA) is 57.0 Å². The molecular weight excluding hydrogens is 469 g/mol. The van der Waals surface area contributed by atoms with Gasteiger partial charge in [0.1, 0.15) is 5.69 Å². The number of carbonyl (C=O) groups excluding carboxylic acids is 1. The third kappa shape index (κ3) is 4.63. The number of hydrogen-bond acceptors (Lipinski definition) is 4. The minimum Gasteiger partial charge on any atom is -0.461 e. The smallest absolute Gasteiger partial charge is 0.356 e. The summed E-state index contributed by atoms with van der Waals surface area (Å²) >= 11 is 12.6. The molecule has 0 aliphatic heterocycles. The van der Waals surface area contributed by atoms with E-state index in [2.05, 4.69) is 14.5 Å². The highest BCUT2D eigenvalue weighted by atomic mass is 35.5. The lowest BCUT2D eigenvalue weighted by Gasteiger charge is -2.10. The SMILES string of the molecule is O=C(OCCCc1ccccn1)c1cc2c3ccccc3n(Cc3cc(Cl)ccc3Cl)c2cn1. The lowest BCUT2D eigenvalue weighted by Crippen LogP contribution is -2.09. The van der Waals surface area contributed by atoms with E-state index >= 15 is 0 Å². The molecular formula is C27H21Cl2N3O2. The van der Waals surface area contributed by atoms with Gasteiger partial charge in [-0.1, -0.05) is 47.5 Å². The maximum Gasteiger partial charge on any atom is 0.356 e. The van der Waals surface area contributed by atoms with Gasteiger partial charge in [0.05, 0.1) is 18.3 Å². The zero-order valence-electron chi connectivity index (χ0n) is 18.2. The number of halogens is 2. The van der Waals surface area contributed by atoms with Gasteiger partial charge in [0.15, 0.2) is 0 Å². The van der Waals surface area contributed by atoms with Gasteiger partial charge in [0, 0.05) is 44.8 Å². The summed E-state index contributed by atoms with van der Waals surface area (Å²) in [5.74, 6) is -0.433. The van der Waals surface area contributed by atoms with Crippen molar-refractivity contribution in [2.24, 2.45) is 0 Å². The van der Waals surface area contributed by atoms with Crippen molar-refractivity contribution in [1.82, 2.24) is 14.5 Å². The monoisotopic (exact) mass is 489 g/mol. The average Bonchev–Trinajstić information content (AvgIpc) is 3.17. The number of esters is 1. The number of rotatable bonds is 7. The van der Waals surface area contributed by atoms with E-state index in [1.807, 2.05) is 48.5 Å². The molecule has 0 saturated carbocycles. The van der Waals surface area contributed by atoms with E-state index in [0.29, 0.717) is 29.6 Å². The number of pyridine rings is 2. The number of nitrogens with zero attached hydrogens (tertiary/aromatic N) is 3. The fraction of sp³-hybridized carbons (Fsp3) is 0.148. The van der Waals surface area contributed by atoms with E-state index in [4.69, 9.17) is 27.9 Å². The molecule has 0 aliphatic carbocycles. The van der Waals surface area contributed by atoms with Crippen molar-refractivity contribution in [3.05, 3.63) is 106 Å². The number of hydrogen-bond donors (Lipinski definition) is 0. The largest absolute Gasteiger partial charge is 0.461 e. The number of aromatic nitrogens is 3. The van der Waals surface area contributed by atoms with Crippen LogP contribution in [0.2, 0.25) is 10.0 Å². The van der Waals surface area contributed by atoms with Gasteiger partial charge in [0.2, 0.25) is 0 Å². The number of para-hydroxylation sites is 1. The first kappa shape index (κ1) is 22.4. The fourth-order valence-electron chi connectivity index (χ4n) is 4.10. The van der Waals surface area contributed by atoms with Gasteiger partial charge in [-0.15, -0.1) is 0 Å². The molecule has 34 heavy (non-hydrogen) atoms. The number of carbonyl (C=O) groups is 1. The number of fused-ring (bicyclic) bond motifs is 3. The van der Waals surface area contributed by atoms with Crippen molar-refractivity contribution in [3.63, 3.8) is 0 Å². The highest BCUT2D eigenvalue weighted by Gasteiger charge is 2.16.